The van der Waals surface area contributed by atoms with Crippen molar-refractivity contribution in [3.63, 3.8) is 0 Å². The zero-order valence-electron chi connectivity index (χ0n) is 32.1. The number of para-hydroxylation sites is 3. The molecule has 0 fully saturated rings. The third-order valence-corrected chi connectivity index (χ3v) is 14.2. The summed E-state index contributed by atoms with van der Waals surface area (Å²) in [6, 6.07) is 57.3. The molecule has 3 aromatic heterocycles. The van der Waals surface area contributed by atoms with Crippen molar-refractivity contribution in [3.05, 3.63) is 164 Å². The summed E-state index contributed by atoms with van der Waals surface area (Å²) in [6.07, 6.45) is 0. The second kappa shape index (κ2) is 11.6. The minimum Gasteiger partial charge on any atom is -0.458 e. The zero-order chi connectivity index (χ0) is 39.5. The van der Waals surface area contributed by atoms with Gasteiger partial charge in [0.1, 0.15) is 56.5 Å². The fourth-order valence-corrected chi connectivity index (χ4v) is 11.8. The molecule has 0 unspecified atom stereocenters. The van der Waals surface area contributed by atoms with Crippen LogP contribution in [-0.2, 0) is 0 Å². The molecule has 3 aliphatic rings. The fraction of sp³-hybridized carbons (Fsp3) is 0. The minimum atomic E-state index is -0.111. The highest BCUT2D eigenvalue weighted by atomic mass is 32.2. The van der Waals surface area contributed by atoms with E-state index in [1.165, 1.54) is 10.4 Å². The smallest absolute Gasteiger partial charge is 0.263 e. The van der Waals surface area contributed by atoms with Gasteiger partial charge in [-0.05, 0) is 106 Å². The van der Waals surface area contributed by atoms with E-state index in [0.717, 1.165) is 138 Å². The predicted molar refractivity (Wildman–Crippen MR) is 246 cm³/mol. The van der Waals surface area contributed by atoms with Gasteiger partial charge in [0.2, 0.25) is 0 Å². The van der Waals surface area contributed by atoms with Crippen LogP contribution < -0.4 is 25.9 Å². The summed E-state index contributed by atoms with van der Waals surface area (Å²) in [5, 5.41) is 6.51. The summed E-state index contributed by atoms with van der Waals surface area (Å²) in [5.74, 6) is 3.34. The van der Waals surface area contributed by atoms with Crippen LogP contribution in [0.4, 0.5) is 0 Å². The van der Waals surface area contributed by atoms with Crippen molar-refractivity contribution in [2.45, 2.75) is 9.79 Å². The van der Waals surface area contributed by atoms with E-state index in [9.17, 15) is 0 Å². The van der Waals surface area contributed by atoms with E-state index in [2.05, 4.69) is 121 Å². The lowest BCUT2D eigenvalue weighted by atomic mass is 9.34. The van der Waals surface area contributed by atoms with Gasteiger partial charge in [-0.1, -0.05) is 96.7 Å². The predicted octanol–water partition coefficient (Wildman–Crippen LogP) is 13.6. The highest BCUT2D eigenvalue weighted by Gasteiger charge is 2.48. The Kier molecular flexibility index (Phi) is 6.12. The van der Waals surface area contributed by atoms with E-state index in [1.807, 2.05) is 42.5 Å². The first-order chi connectivity index (χ1) is 30.2. The van der Waals surface area contributed by atoms with E-state index < -0.39 is 0 Å². The van der Waals surface area contributed by atoms with Gasteiger partial charge in [0, 0.05) is 64.3 Å². The molecule has 3 aliphatic heterocycles. The maximum Gasteiger partial charge on any atom is 0.263 e. The largest absolute Gasteiger partial charge is 0.458 e. The molecular weight excluding hydrogens is 771 g/mol. The lowest BCUT2D eigenvalue weighted by Gasteiger charge is -2.40. The van der Waals surface area contributed by atoms with Crippen LogP contribution >= 0.6 is 11.8 Å². The van der Waals surface area contributed by atoms with Crippen LogP contribution in [0.2, 0.25) is 0 Å². The summed E-state index contributed by atoms with van der Waals surface area (Å²) >= 11 is 1.79. The first-order valence-electron chi connectivity index (χ1n) is 20.5. The van der Waals surface area contributed by atoms with Crippen molar-refractivity contribution >= 4 is 101 Å². The van der Waals surface area contributed by atoms with Crippen LogP contribution in [-0.4, -0.2) is 6.71 Å². The Morgan fingerprint density at radius 1 is 0.344 bits per heavy atom. The van der Waals surface area contributed by atoms with Crippen molar-refractivity contribution < 1.29 is 22.7 Å². The molecule has 7 heteroatoms. The molecule has 0 amide bonds. The normalized spacial score (nSPS) is 13.4. The molecule has 6 heterocycles. The zero-order valence-corrected chi connectivity index (χ0v) is 32.9. The van der Waals surface area contributed by atoms with Crippen LogP contribution in [0.5, 0.6) is 23.0 Å². The van der Waals surface area contributed by atoms with Gasteiger partial charge in [0.05, 0.1) is 0 Å². The molecule has 0 atom stereocenters. The molecule has 0 saturated carbocycles. The van der Waals surface area contributed by atoms with Crippen molar-refractivity contribution in [3.8, 4) is 56.4 Å². The Balaban J connectivity index is 1.12. The first kappa shape index (κ1) is 32.3. The maximum absolute atomic E-state index is 7.34. The number of benzene rings is 9. The summed E-state index contributed by atoms with van der Waals surface area (Å²) in [7, 11) is 0. The Labute approximate surface area is 351 Å². The van der Waals surface area contributed by atoms with Crippen molar-refractivity contribution in [2.75, 3.05) is 0 Å². The van der Waals surface area contributed by atoms with Crippen LogP contribution in [0.1, 0.15) is 0 Å². The Morgan fingerprint density at radius 2 is 0.803 bits per heavy atom. The number of furan rings is 3. The van der Waals surface area contributed by atoms with Crippen molar-refractivity contribution in [1.29, 1.82) is 0 Å². The molecule has 0 saturated heterocycles. The highest BCUT2D eigenvalue weighted by Crippen LogP contribution is 2.55. The number of hydrogen-bond acceptors (Lipinski definition) is 6. The van der Waals surface area contributed by atoms with E-state index >= 15 is 0 Å². The average molecular weight is 799 g/mol. The van der Waals surface area contributed by atoms with Crippen LogP contribution in [0.15, 0.2) is 187 Å². The third-order valence-electron chi connectivity index (χ3n) is 13.0. The molecule has 61 heavy (non-hydrogen) atoms. The minimum absolute atomic E-state index is 0.111. The van der Waals surface area contributed by atoms with Crippen LogP contribution in [0, 0.1) is 0 Å². The van der Waals surface area contributed by atoms with Crippen LogP contribution in [0.3, 0.4) is 0 Å². The summed E-state index contributed by atoms with van der Waals surface area (Å²) in [4.78, 5) is 2.32. The monoisotopic (exact) mass is 798 g/mol. The van der Waals surface area contributed by atoms with Gasteiger partial charge in [-0.3, -0.25) is 0 Å². The maximum atomic E-state index is 7.34. The summed E-state index contributed by atoms with van der Waals surface area (Å²) in [6.45, 7) is -0.111. The SMILES string of the molecule is c1cc2c3c(c1)Oc1c4c(c(-c5ccc6c(c5)oc5ccccc56)c(-c5ccc6c(c5)oc5ccccc56)c1-c1ccc5c(c1)oc1ccccc15)Sc1cccc(c1B34)O2. The summed E-state index contributed by atoms with van der Waals surface area (Å²) in [5.41, 5.74) is 14.6. The average Bonchev–Trinajstić information content (AvgIpc) is 3.99. The molecule has 0 radical (unpaired) electrons. The van der Waals surface area contributed by atoms with Crippen LogP contribution in [0.25, 0.3) is 99.2 Å². The Bertz CT molecular complexity index is 3750. The Hall–Kier alpha value is -7.61. The molecule has 12 aromatic rings. The second-order valence-electron chi connectivity index (χ2n) is 16.2. The van der Waals surface area contributed by atoms with E-state index in [1.54, 1.807) is 11.8 Å². The molecule has 0 spiro atoms. The van der Waals surface area contributed by atoms with Gasteiger partial charge in [0.15, 0.2) is 0 Å². The van der Waals surface area contributed by atoms with Crippen molar-refractivity contribution in [1.82, 2.24) is 0 Å². The quantitative estimate of drug-likeness (QED) is 0.166. The molecule has 0 aliphatic carbocycles. The Morgan fingerprint density at radius 3 is 1.38 bits per heavy atom. The van der Waals surface area contributed by atoms with Gasteiger partial charge in [-0.15, -0.1) is 0 Å². The fourth-order valence-electron chi connectivity index (χ4n) is 10.4. The lowest BCUT2D eigenvalue weighted by Crippen LogP contribution is -2.60. The summed E-state index contributed by atoms with van der Waals surface area (Å²) < 4.78 is 33.8. The van der Waals surface area contributed by atoms with Gasteiger partial charge >= 0.3 is 0 Å². The molecule has 5 nitrogen and oxygen atoms in total. The number of ether oxygens (including phenoxy) is 2. The topological polar surface area (TPSA) is 57.9 Å². The number of hydrogen-bond donors (Lipinski definition) is 0. The molecule has 9 aromatic carbocycles. The molecular formula is C54H27BO5S. The lowest BCUT2D eigenvalue weighted by molar-refractivity contribution is 0.464. The van der Waals surface area contributed by atoms with Gasteiger partial charge in [-0.25, -0.2) is 0 Å². The highest BCUT2D eigenvalue weighted by molar-refractivity contribution is 8.00. The van der Waals surface area contributed by atoms with E-state index in [-0.39, 0.29) is 6.71 Å². The van der Waals surface area contributed by atoms with E-state index in [0.29, 0.717) is 0 Å². The third kappa shape index (κ3) is 4.28. The molecule has 282 valence electrons. The second-order valence-corrected chi connectivity index (χ2v) is 17.3. The molecule has 15 rings (SSSR count). The van der Waals surface area contributed by atoms with Gasteiger partial charge in [-0.2, -0.15) is 0 Å². The molecule has 0 N–H and O–H groups in total. The molecule has 0 bridgehead atoms. The first-order valence-corrected chi connectivity index (χ1v) is 21.3. The standard InChI is InChI=1S/C54H27BO5S/c1-4-12-37-31(9-1)34-22-19-28(25-43(34)56-37)47-48(29-20-23-35-32-10-2-5-13-38(32)57-44(35)26-29)53-52-54(49(47)30-21-24-36-33-11-3-6-14-39(33)58-45(36)27-30)61-46-18-8-17-42-51(46)55(52)50-40(59-42)15-7-16-41(50)60-53/h1-27H. The number of fused-ring (bicyclic) bond motifs is 9. The van der Waals surface area contributed by atoms with Crippen molar-refractivity contribution in [2.24, 2.45) is 0 Å². The number of rotatable bonds is 3. The van der Waals surface area contributed by atoms with Gasteiger partial charge < -0.3 is 22.7 Å². The van der Waals surface area contributed by atoms with E-state index in [4.69, 9.17) is 22.7 Å². The van der Waals surface area contributed by atoms with Gasteiger partial charge in [0.25, 0.3) is 6.71 Å².